The smallest absolute Gasteiger partial charge is 0.335 e. The van der Waals surface area contributed by atoms with Gasteiger partial charge in [0.05, 0.1) is 5.82 Å². The predicted octanol–water partition coefficient (Wildman–Crippen LogP) is 1.70. The Bertz CT molecular complexity index is 754. The molecule has 0 aliphatic carbocycles. The molecule has 0 aromatic heterocycles. The lowest BCUT2D eigenvalue weighted by Crippen LogP contribution is -2.43. The van der Waals surface area contributed by atoms with E-state index in [1.54, 1.807) is 13.7 Å². The van der Waals surface area contributed by atoms with Crippen LogP contribution in [0.3, 0.4) is 0 Å². The Hall–Kier alpha value is -2.65. The summed E-state index contributed by atoms with van der Waals surface area (Å²) < 4.78 is 21.1. The van der Waals surface area contributed by atoms with Gasteiger partial charge in [-0.15, -0.1) is 0 Å². The first-order chi connectivity index (χ1) is 13.7. The van der Waals surface area contributed by atoms with Crippen LogP contribution in [0.1, 0.15) is 19.4 Å². The van der Waals surface area contributed by atoms with Gasteiger partial charge in [0.2, 0.25) is 0 Å². The third-order valence-corrected chi connectivity index (χ3v) is 4.84. The van der Waals surface area contributed by atoms with E-state index in [1.165, 1.54) is 6.92 Å². The molecule has 1 fully saturated rings. The molecule has 1 aliphatic rings. The topological polar surface area (TPSA) is 114 Å². The van der Waals surface area contributed by atoms with Crippen LogP contribution < -0.4 is 5.90 Å². The number of benzene rings is 1. The molecule has 2 N–H and O–H groups in total. The molecule has 29 heavy (non-hydrogen) atoms. The van der Waals surface area contributed by atoms with Crippen molar-refractivity contribution in [2.45, 2.75) is 45.1 Å². The summed E-state index contributed by atoms with van der Waals surface area (Å²) in [4.78, 5) is 37.7. The Labute approximate surface area is 170 Å². The summed E-state index contributed by atoms with van der Waals surface area (Å²) >= 11 is 0. The summed E-state index contributed by atoms with van der Waals surface area (Å²) in [5, 5.41) is 0. The lowest BCUT2D eigenvalue weighted by atomic mass is 9.58. The molecule has 1 aromatic carbocycles. The van der Waals surface area contributed by atoms with Gasteiger partial charge in [-0.1, -0.05) is 43.7 Å². The van der Waals surface area contributed by atoms with Gasteiger partial charge in [-0.2, -0.15) is 0 Å². The number of nitrogens with two attached hydrogens (primary N) is 1. The van der Waals surface area contributed by atoms with E-state index in [1.807, 2.05) is 30.3 Å². The fourth-order valence-electron chi connectivity index (χ4n) is 3.04. The summed E-state index contributed by atoms with van der Waals surface area (Å²) in [6.45, 7) is 7.21. The standard InChI is InChI=1S/C20H26BNO7/c1-12(2)18(23)28-17-13(3)27-20(25)16(21(4)29-22)11-26-19(24)15(17)10-14-8-6-5-7-9-14/h5-9,13,15-17H,1,10-11,22H2,2-4H3/t13-,15+,16?,17?/m0/s1. The third kappa shape index (κ3) is 5.91. The highest BCUT2D eigenvalue weighted by atomic mass is 16.6. The first-order valence-electron chi connectivity index (χ1n) is 9.37. The van der Waals surface area contributed by atoms with E-state index >= 15 is 0 Å². The molecule has 0 bridgehead atoms. The van der Waals surface area contributed by atoms with Gasteiger partial charge >= 0.3 is 24.8 Å². The van der Waals surface area contributed by atoms with Crippen LogP contribution in [0.25, 0.3) is 0 Å². The van der Waals surface area contributed by atoms with Crippen molar-refractivity contribution in [1.29, 1.82) is 0 Å². The molecule has 8 nitrogen and oxygen atoms in total. The summed E-state index contributed by atoms with van der Waals surface area (Å²) in [5.74, 6) is 1.47. The third-order valence-electron chi connectivity index (χ3n) is 4.84. The number of hydrogen-bond donors (Lipinski definition) is 1. The highest BCUT2D eigenvalue weighted by molar-refractivity contribution is 6.56. The summed E-state index contributed by atoms with van der Waals surface area (Å²) in [7, 11) is 0. The predicted molar refractivity (Wildman–Crippen MR) is 105 cm³/mol. The molecule has 1 heterocycles. The van der Waals surface area contributed by atoms with Gasteiger partial charge in [-0.3, -0.25) is 9.59 Å². The van der Waals surface area contributed by atoms with Crippen molar-refractivity contribution in [2.24, 2.45) is 11.8 Å². The lowest BCUT2D eigenvalue weighted by Gasteiger charge is -2.29. The number of rotatable bonds is 6. The van der Waals surface area contributed by atoms with Crippen LogP contribution in [0.5, 0.6) is 0 Å². The minimum absolute atomic E-state index is 0.165. The molecule has 9 heteroatoms. The molecule has 2 rings (SSSR count). The molecule has 4 atom stereocenters. The van der Waals surface area contributed by atoms with Crippen molar-refractivity contribution in [3.8, 4) is 0 Å². The van der Waals surface area contributed by atoms with Crippen LogP contribution >= 0.6 is 0 Å². The highest BCUT2D eigenvalue weighted by Gasteiger charge is 2.43. The number of ether oxygens (including phenoxy) is 3. The number of carbonyl (C=O) groups excluding carboxylic acids is 3. The number of esters is 3. The van der Waals surface area contributed by atoms with Crippen molar-refractivity contribution in [3.05, 3.63) is 48.0 Å². The van der Waals surface area contributed by atoms with Crippen molar-refractivity contribution < 1.29 is 33.3 Å². The molecule has 1 aliphatic heterocycles. The van der Waals surface area contributed by atoms with Gasteiger partial charge in [-0.05, 0) is 25.8 Å². The minimum atomic E-state index is -1.05. The molecule has 1 saturated heterocycles. The molecule has 0 spiro atoms. The maximum atomic E-state index is 12.9. The molecule has 0 saturated carbocycles. The van der Waals surface area contributed by atoms with Crippen molar-refractivity contribution in [2.75, 3.05) is 6.61 Å². The largest absolute Gasteiger partial charge is 0.465 e. The fraction of sp³-hybridized carbons (Fsp3) is 0.450. The van der Waals surface area contributed by atoms with Gasteiger partial charge in [0.1, 0.15) is 18.6 Å². The van der Waals surface area contributed by atoms with Gasteiger partial charge in [0.25, 0.3) is 0 Å². The lowest BCUT2D eigenvalue weighted by molar-refractivity contribution is -0.171. The first-order valence-corrected chi connectivity index (χ1v) is 9.37. The number of hydrogen-bond acceptors (Lipinski definition) is 8. The Kier molecular flexibility index (Phi) is 7.98. The average Bonchev–Trinajstić information content (AvgIpc) is 2.73. The monoisotopic (exact) mass is 403 g/mol. The van der Waals surface area contributed by atoms with Crippen LogP contribution in [0.15, 0.2) is 42.5 Å². The molecule has 0 amide bonds. The zero-order chi connectivity index (χ0) is 21.6. The van der Waals surface area contributed by atoms with Crippen LogP contribution in [0.2, 0.25) is 12.6 Å². The molecule has 156 valence electrons. The fourth-order valence-corrected chi connectivity index (χ4v) is 3.04. The van der Waals surface area contributed by atoms with Gasteiger partial charge in [0.15, 0.2) is 6.10 Å². The van der Waals surface area contributed by atoms with Crippen molar-refractivity contribution in [1.82, 2.24) is 0 Å². The van der Waals surface area contributed by atoms with E-state index in [0.717, 1.165) is 5.56 Å². The average molecular weight is 403 g/mol. The number of cyclic esters (lactones) is 2. The SMILES string of the molecule is C=C(C)C(=O)OC1[C@H](C)OC(=O)C(B(C)ON)COC(=O)[C@@H]1Cc1ccccc1. The Morgan fingerprint density at radius 2 is 1.93 bits per heavy atom. The molecular formula is C20H26BNO7. The summed E-state index contributed by atoms with van der Waals surface area (Å²) in [6.07, 6.45) is -1.72. The zero-order valence-corrected chi connectivity index (χ0v) is 16.8. The molecule has 2 unspecified atom stereocenters. The normalized spacial score (nSPS) is 25.0. The Morgan fingerprint density at radius 1 is 1.28 bits per heavy atom. The highest BCUT2D eigenvalue weighted by Crippen LogP contribution is 2.27. The van der Waals surface area contributed by atoms with Gasteiger partial charge < -0.3 is 19.0 Å². The van der Waals surface area contributed by atoms with Crippen LogP contribution in [0.4, 0.5) is 0 Å². The molecular weight excluding hydrogens is 377 g/mol. The van der Waals surface area contributed by atoms with E-state index in [0.29, 0.717) is 0 Å². The second kappa shape index (κ2) is 10.2. The second-order valence-corrected chi connectivity index (χ2v) is 7.17. The van der Waals surface area contributed by atoms with E-state index in [4.69, 9.17) is 24.9 Å². The van der Waals surface area contributed by atoms with E-state index in [2.05, 4.69) is 6.58 Å². The number of carbonyl (C=O) groups is 3. The second-order valence-electron chi connectivity index (χ2n) is 7.17. The Balaban J connectivity index is 2.38. The summed E-state index contributed by atoms with van der Waals surface area (Å²) in [5.41, 5.74) is 1.01. The molecule has 0 radical (unpaired) electrons. The van der Waals surface area contributed by atoms with Crippen molar-refractivity contribution >= 4 is 24.8 Å². The summed E-state index contributed by atoms with van der Waals surface area (Å²) in [6, 6.07) is 9.23. The maximum absolute atomic E-state index is 12.9. The quantitative estimate of drug-likeness (QED) is 0.251. The maximum Gasteiger partial charge on any atom is 0.335 e. The van der Waals surface area contributed by atoms with E-state index in [-0.39, 0.29) is 18.6 Å². The van der Waals surface area contributed by atoms with Crippen LogP contribution in [-0.4, -0.2) is 43.6 Å². The van der Waals surface area contributed by atoms with Crippen LogP contribution in [0, 0.1) is 5.92 Å². The van der Waals surface area contributed by atoms with Gasteiger partial charge in [-0.25, -0.2) is 10.7 Å². The minimum Gasteiger partial charge on any atom is -0.465 e. The van der Waals surface area contributed by atoms with Crippen LogP contribution in [-0.2, 0) is 39.8 Å². The van der Waals surface area contributed by atoms with Gasteiger partial charge in [0, 0.05) is 5.57 Å². The zero-order valence-electron chi connectivity index (χ0n) is 16.8. The van der Waals surface area contributed by atoms with E-state index < -0.39 is 48.8 Å². The first kappa shape index (κ1) is 22.6. The van der Waals surface area contributed by atoms with E-state index in [9.17, 15) is 14.4 Å². The molecule has 1 aromatic rings. The Morgan fingerprint density at radius 3 is 2.52 bits per heavy atom. The van der Waals surface area contributed by atoms with Crippen molar-refractivity contribution in [3.63, 3.8) is 0 Å².